The monoisotopic (exact) mass is 742 g/mol. The van der Waals surface area contributed by atoms with Crippen LogP contribution in [0.4, 0.5) is 4.79 Å². The highest BCUT2D eigenvalue weighted by atomic mass is 16.7. The number of nitrogens with zero attached hydrogens (tertiary/aromatic N) is 2. The third-order valence-corrected chi connectivity index (χ3v) is 10.1. The third-order valence-electron chi connectivity index (χ3n) is 10.1. The molecule has 3 N–H and O–H groups in total. The van der Waals surface area contributed by atoms with Gasteiger partial charge in [-0.1, -0.05) is 110 Å². The number of likely N-dealkylation sites (N-methyl/N-ethyl adjacent to an activating group) is 1. The molecule has 1 saturated heterocycles. The summed E-state index contributed by atoms with van der Waals surface area (Å²) in [5, 5.41) is 15.3. The summed E-state index contributed by atoms with van der Waals surface area (Å²) >= 11 is 0. The number of hydrogen-bond donors (Lipinski definition) is 3. The third kappa shape index (κ3) is 10.9. The molecule has 5 atom stereocenters. The molecule has 0 radical (unpaired) electrons. The molecule has 2 heterocycles. The lowest BCUT2D eigenvalue weighted by Gasteiger charge is -2.42. The molecule has 2 amide bonds. The van der Waals surface area contributed by atoms with Crippen molar-refractivity contribution in [1.82, 2.24) is 20.5 Å². The predicted octanol–water partition coefficient (Wildman–Crippen LogP) is 6.79. The quantitative estimate of drug-likeness (QED) is 0.100. The highest BCUT2D eigenvalue weighted by Gasteiger charge is 2.38. The van der Waals surface area contributed by atoms with E-state index >= 15 is 0 Å². The van der Waals surface area contributed by atoms with E-state index in [4.69, 9.17) is 14.2 Å². The van der Waals surface area contributed by atoms with Crippen LogP contribution < -0.4 is 10.6 Å². The smallest absolute Gasteiger partial charge is 0.328 e. The molecule has 4 aromatic carbocycles. The van der Waals surface area contributed by atoms with Gasteiger partial charge in [0.15, 0.2) is 6.29 Å². The lowest BCUT2D eigenvalue weighted by atomic mass is 9.90. The van der Waals surface area contributed by atoms with Gasteiger partial charge in [0, 0.05) is 55.8 Å². The molecule has 0 bridgehead atoms. The van der Waals surface area contributed by atoms with Crippen molar-refractivity contribution in [1.29, 1.82) is 0 Å². The van der Waals surface area contributed by atoms with Crippen LogP contribution in [-0.2, 0) is 45.0 Å². The van der Waals surface area contributed by atoms with Gasteiger partial charge in [0.05, 0.1) is 25.9 Å². The number of rotatable bonds is 15. The first-order chi connectivity index (χ1) is 26.8. The van der Waals surface area contributed by atoms with Crippen LogP contribution in [0.25, 0.3) is 11.1 Å². The van der Waals surface area contributed by atoms with Gasteiger partial charge >= 0.3 is 12.0 Å². The Hall–Kier alpha value is -5.39. The Labute approximate surface area is 323 Å². The summed E-state index contributed by atoms with van der Waals surface area (Å²) in [6.45, 7) is 4.02. The Morgan fingerprint density at radius 3 is 2.27 bits per heavy atom. The number of carbonyl (C=O) groups excluding carboxylic acids is 2. The average Bonchev–Trinajstić information content (AvgIpc) is 3.23. The van der Waals surface area contributed by atoms with Gasteiger partial charge < -0.3 is 34.9 Å². The second kappa shape index (κ2) is 19.3. The number of aliphatic hydroxyl groups is 1. The van der Waals surface area contributed by atoms with Crippen LogP contribution in [-0.4, -0.2) is 66.4 Å². The Morgan fingerprint density at radius 2 is 1.56 bits per heavy atom. The minimum atomic E-state index is -0.812. The van der Waals surface area contributed by atoms with Crippen LogP contribution in [0.1, 0.15) is 52.8 Å². The van der Waals surface area contributed by atoms with Gasteiger partial charge in [-0.05, 0) is 58.6 Å². The van der Waals surface area contributed by atoms with E-state index in [2.05, 4.69) is 52.7 Å². The maximum absolute atomic E-state index is 12.8. The molecule has 6 rings (SSSR count). The molecule has 10 heteroatoms. The van der Waals surface area contributed by atoms with Crippen LogP contribution in [0.2, 0.25) is 0 Å². The van der Waals surface area contributed by atoms with Crippen molar-refractivity contribution >= 4 is 12.0 Å². The number of carbonyl (C=O) groups is 2. The van der Waals surface area contributed by atoms with Gasteiger partial charge in [0.2, 0.25) is 0 Å². The maximum Gasteiger partial charge on any atom is 0.328 e. The highest BCUT2D eigenvalue weighted by Crippen LogP contribution is 2.42. The van der Waals surface area contributed by atoms with Gasteiger partial charge in [0.1, 0.15) is 6.04 Å². The van der Waals surface area contributed by atoms with Crippen molar-refractivity contribution in [2.45, 2.75) is 57.5 Å². The fourth-order valence-corrected chi connectivity index (χ4v) is 6.85. The fraction of sp³-hybridized carbons (Fsp3) is 0.311. The van der Waals surface area contributed by atoms with Crippen molar-refractivity contribution < 1.29 is 28.9 Å². The average molecular weight is 743 g/mol. The normalized spacial score (nSPS) is 18.7. The molecule has 0 spiro atoms. The van der Waals surface area contributed by atoms with Gasteiger partial charge in [-0.2, -0.15) is 0 Å². The van der Waals surface area contributed by atoms with E-state index in [9.17, 15) is 14.7 Å². The minimum Gasteiger partial charge on any atom is -0.467 e. The molecule has 5 unspecified atom stereocenters. The van der Waals surface area contributed by atoms with E-state index in [0.29, 0.717) is 6.42 Å². The molecule has 5 aromatic rings. The number of aromatic nitrogens is 1. The van der Waals surface area contributed by atoms with Gasteiger partial charge in [-0.25, -0.2) is 9.59 Å². The van der Waals surface area contributed by atoms with Crippen molar-refractivity contribution in [3.63, 3.8) is 0 Å². The number of ether oxygens (including phenoxy) is 3. The molecular formula is C45H50N4O6. The second-order valence-corrected chi connectivity index (χ2v) is 14.1. The standard InChI is InChI=1S/C45H50N4O6/c1-31-41(29-49(2)25-23-39-14-7-8-24-46-39)54-44(55-42(31)36-17-15-33(30-50)16-18-36)37-21-19-35(20-22-37)38-13-9-12-34(26-38)28-47-45(52)48-40(43(51)53-3)27-32-10-5-4-6-11-32/h4-22,24,26,31,40-42,44,50H,23,25,27-30H2,1-3H3,(H2,47,48,52). The Bertz CT molecular complexity index is 1960. The zero-order valence-corrected chi connectivity index (χ0v) is 31.6. The summed E-state index contributed by atoms with van der Waals surface area (Å²) in [7, 11) is 3.43. The molecule has 1 aromatic heterocycles. The van der Waals surface area contributed by atoms with Crippen molar-refractivity contribution in [2.24, 2.45) is 5.92 Å². The Balaban J connectivity index is 1.11. The zero-order chi connectivity index (χ0) is 38.6. The number of amides is 2. The molecule has 1 fully saturated rings. The summed E-state index contributed by atoms with van der Waals surface area (Å²) in [6.07, 6.45) is 2.12. The van der Waals surface area contributed by atoms with E-state index in [-0.39, 0.29) is 31.3 Å². The molecular weight excluding hydrogens is 693 g/mol. The summed E-state index contributed by atoms with van der Waals surface area (Å²) in [4.78, 5) is 32.0. The van der Waals surface area contributed by atoms with Gasteiger partial charge in [-0.3, -0.25) is 4.98 Å². The Morgan fingerprint density at radius 1 is 0.836 bits per heavy atom. The first-order valence-electron chi connectivity index (χ1n) is 18.7. The first-order valence-corrected chi connectivity index (χ1v) is 18.7. The van der Waals surface area contributed by atoms with Crippen molar-refractivity contribution in [2.75, 3.05) is 27.2 Å². The van der Waals surface area contributed by atoms with Crippen LogP contribution in [0.5, 0.6) is 0 Å². The number of nitrogens with one attached hydrogen (secondary N) is 2. The van der Waals surface area contributed by atoms with Gasteiger partial charge in [0.25, 0.3) is 0 Å². The number of benzene rings is 4. The number of pyridine rings is 1. The van der Waals surface area contributed by atoms with Crippen molar-refractivity contribution in [3.05, 3.63) is 161 Å². The number of hydrogen-bond acceptors (Lipinski definition) is 8. The molecule has 1 aliphatic rings. The second-order valence-electron chi connectivity index (χ2n) is 14.1. The van der Waals surface area contributed by atoms with Crippen LogP contribution in [0.15, 0.2) is 128 Å². The van der Waals surface area contributed by atoms with E-state index in [1.165, 1.54) is 7.11 Å². The highest BCUT2D eigenvalue weighted by molar-refractivity contribution is 5.83. The SMILES string of the molecule is COC(=O)C(Cc1ccccc1)NC(=O)NCc1cccc(-c2ccc(C3OC(CN(C)CCc4ccccn4)C(C)C(c4ccc(CO)cc4)O3)cc2)c1. The number of esters is 1. The number of aliphatic hydroxyl groups excluding tert-OH is 1. The van der Waals surface area contributed by atoms with E-state index in [1.54, 1.807) is 0 Å². The topological polar surface area (TPSA) is 122 Å². The lowest BCUT2D eigenvalue weighted by Crippen LogP contribution is -2.47. The molecule has 55 heavy (non-hydrogen) atoms. The predicted molar refractivity (Wildman–Crippen MR) is 212 cm³/mol. The first kappa shape index (κ1) is 39.3. The summed E-state index contributed by atoms with van der Waals surface area (Å²) < 4.78 is 18.3. The van der Waals surface area contributed by atoms with E-state index in [1.807, 2.05) is 109 Å². The summed E-state index contributed by atoms with van der Waals surface area (Å²) in [5.74, 6) is -0.434. The zero-order valence-electron chi connectivity index (χ0n) is 31.6. The number of urea groups is 1. The lowest BCUT2D eigenvalue weighted by molar-refractivity contribution is -0.275. The summed E-state index contributed by atoms with van der Waals surface area (Å²) in [5.41, 5.74) is 7.71. The maximum atomic E-state index is 12.8. The van der Waals surface area contributed by atoms with Crippen LogP contribution in [0.3, 0.4) is 0 Å². The van der Waals surface area contributed by atoms with E-state index < -0.39 is 24.3 Å². The molecule has 0 aliphatic carbocycles. The largest absolute Gasteiger partial charge is 0.467 e. The number of methoxy groups -OCH3 is 1. The fourth-order valence-electron chi connectivity index (χ4n) is 6.85. The van der Waals surface area contributed by atoms with Gasteiger partial charge in [-0.15, -0.1) is 0 Å². The molecule has 10 nitrogen and oxygen atoms in total. The molecule has 286 valence electrons. The minimum absolute atomic E-state index is 0.00938. The molecule has 1 aliphatic heterocycles. The van der Waals surface area contributed by atoms with Crippen LogP contribution >= 0.6 is 0 Å². The van der Waals surface area contributed by atoms with Crippen LogP contribution in [0, 0.1) is 5.92 Å². The summed E-state index contributed by atoms with van der Waals surface area (Å²) in [6, 6.07) is 38.4. The van der Waals surface area contributed by atoms with Crippen molar-refractivity contribution in [3.8, 4) is 11.1 Å². The Kier molecular flexibility index (Phi) is 13.8. The van der Waals surface area contributed by atoms with E-state index in [0.717, 1.165) is 64.1 Å². The molecule has 0 saturated carbocycles.